The van der Waals surface area contributed by atoms with Crippen molar-refractivity contribution in [3.05, 3.63) is 0 Å². The second-order valence-corrected chi connectivity index (χ2v) is 5.60. The monoisotopic (exact) mass is 286 g/mol. The van der Waals surface area contributed by atoms with Crippen LogP contribution in [-0.4, -0.2) is 60.5 Å². The molecule has 0 aliphatic rings. The van der Waals surface area contributed by atoms with Crippen molar-refractivity contribution < 1.29 is 14.7 Å². The van der Waals surface area contributed by atoms with E-state index in [4.69, 9.17) is 0 Å². The van der Waals surface area contributed by atoms with Gasteiger partial charge in [0.15, 0.2) is 0 Å². The Bertz CT molecular complexity index is 312. The van der Waals surface area contributed by atoms with Gasteiger partial charge in [-0.3, -0.25) is 9.59 Å². The summed E-state index contributed by atoms with van der Waals surface area (Å²) in [5, 5.41) is 9.40. The Morgan fingerprint density at radius 1 is 1.05 bits per heavy atom. The van der Waals surface area contributed by atoms with E-state index >= 15 is 0 Å². The maximum atomic E-state index is 12.3. The predicted molar refractivity (Wildman–Crippen MR) is 80.7 cm³/mol. The number of carboxylic acids is 1. The van der Waals surface area contributed by atoms with E-state index in [0.717, 1.165) is 13.0 Å². The maximum Gasteiger partial charge on any atom is 0.310 e. The first-order valence-electron chi connectivity index (χ1n) is 7.48. The second-order valence-electron chi connectivity index (χ2n) is 5.60. The average molecular weight is 286 g/mol. The molecule has 0 aliphatic carbocycles. The summed E-state index contributed by atoms with van der Waals surface area (Å²) in [6.07, 6.45) is 1.98. The van der Waals surface area contributed by atoms with E-state index in [9.17, 15) is 14.7 Å². The van der Waals surface area contributed by atoms with E-state index < -0.39 is 11.4 Å². The van der Waals surface area contributed by atoms with Gasteiger partial charge in [0.25, 0.3) is 0 Å². The Morgan fingerprint density at radius 3 is 1.95 bits per heavy atom. The first-order chi connectivity index (χ1) is 9.32. The number of amides is 1. The molecule has 20 heavy (non-hydrogen) atoms. The van der Waals surface area contributed by atoms with Gasteiger partial charge in [-0.2, -0.15) is 0 Å². The molecule has 0 aromatic carbocycles. The quantitative estimate of drug-likeness (QED) is 0.668. The summed E-state index contributed by atoms with van der Waals surface area (Å²) in [6.45, 7) is 7.87. The number of rotatable bonds is 10. The molecule has 0 unspecified atom stereocenters. The van der Waals surface area contributed by atoms with Crippen molar-refractivity contribution in [2.45, 2.75) is 46.5 Å². The van der Waals surface area contributed by atoms with Crippen molar-refractivity contribution in [3.63, 3.8) is 0 Å². The van der Waals surface area contributed by atoms with Gasteiger partial charge in [-0.1, -0.05) is 13.8 Å². The molecular formula is C15H30N2O3. The van der Waals surface area contributed by atoms with Crippen LogP contribution in [0.15, 0.2) is 0 Å². The van der Waals surface area contributed by atoms with E-state index in [-0.39, 0.29) is 12.3 Å². The zero-order chi connectivity index (χ0) is 15.8. The molecule has 0 saturated heterocycles. The fraction of sp³-hybridized carbons (Fsp3) is 0.867. The fourth-order valence-electron chi connectivity index (χ4n) is 2.32. The zero-order valence-corrected chi connectivity index (χ0v) is 13.6. The Kier molecular flexibility index (Phi) is 8.46. The normalized spacial score (nSPS) is 11.7. The molecule has 0 fully saturated rings. The van der Waals surface area contributed by atoms with Crippen LogP contribution in [0, 0.1) is 5.41 Å². The van der Waals surface area contributed by atoms with Crippen LogP contribution in [0.5, 0.6) is 0 Å². The van der Waals surface area contributed by atoms with Crippen molar-refractivity contribution in [1.82, 2.24) is 9.80 Å². The summed E-state index contributed by atoms with van der Waals surface area (Å²) in [5.74, 6) is -0.905. The van der Waals surface area contributed by atoms with Gasteiger partial charge in [0, 0.05) is 19.5 Å². The maximum absolute atomic E-state index is 12.3. The molecule has 5 nitrogen and oxygen atoms in total. The first kappa shape index (κ1) is 18.9. The fourth-order valence-corrected chi connectivity index (χ4v) is 2.32. The van der Waals surface area contributed by atoms with Crippen LogP contribution in [0.2, 0.25) is 0 Å². The van der Waals surface area contributed by atoms with E-state index in [1.165, 1.54) is 0 Å². The molecule has 1 amide bonds. The number of carboxylic acid groups (broad SMARTS) is 1. The molecule has 0 atom stereocenters. The highest BCUT2D eigenvalue weighted by Crippen LogP contribution is 2.31. The lowest BCUT2D eigenvalue weighted by Crippen LogP contribution is -2.40. The third kappa shape index (κ3) is 5.49. The average Bonchev–Trinajstić information content (AvgIpc) is 2.40. The standard InChI is InChI=1S/C15H30N2O3/c1-6-15(7-2,14(19)20)12-13(18)17(8-3)11-9-10-16(4)5/h6-12H2,1-5H3,(H,19,20). The Morgan fingerprint density at radius 2 is 1.60 bits per heavy atom. The zero-order valence-electron chi connectivity index (χ0n) is 13.6. The molecule has 0 rings (SSSR count). The van der Waals surface area contributed by atoms with Gasteiger partial charge in [0.1, 0.15) is 0 Å². The third-order valence-corrected chi connectivity index (χ3v) is 4.06. The van der Waals surface area contributed by atoms with Crippen LogP contribution in [0.3, 0.4) is 0 Å². The van der Waals surface area contributed by atoms with Gasteiger partial charge >= 0.3 is 5.97 Å². The van der Waals surface area contributed by atoms with Gasteiger partial charge in [0.2, 0.25) is 5.91 Å². The van der Waals surface area contributed by atoms with Crippen molar-refractivity contribution >= 4 is 11.9 Å². The van der Waals surface area contributed by atoms with Crippen LogP contribution in [0.25, 0.3) is 0 Å². The highest BCUT2D eigenvalue weighted by Gasteiger charge is 2.38. The highest BCUT2D eigenvalue weighted by atomic mass is 16.4. The third-order valence-electron chi connectivity index (χ3n) is 4.06. The largest absolute Gasteiger partial charge is 0.481 e. The first-order valence-corrected chi connectivity index (χ1v) is 7.48. The molecule has 0 spiro atoms. The molecule has 0 heterocycles. The molecular weight excluding hydrogens is 256 g/mol. The van der Waals surface area contributed by atoms with Crippen LogP contribution < -0.4 is 0 Å². The molecule has 0 radical (unpaired) electrons. The Hall–Kier alpha value is -1.10. The smallest absolute Gasteiger partial charge is 0.310 e. The molecule has 0 saturated carbocycles. The van der Waals surface area contributed by atoms with Gasteiger partial charge < -0.3 is 14.9 Å². The van der Waals surface area contributed by atoms with E-state index in [1.807, 2.05) is 34.9 Å². The summed E-state index contributed by atoms with van der Waals surface area (Å²) in [4.78, 5) is 27.6. The second kappa shape index (κ2) is 8.95. The van der Waals surface area contributed by atoms with Gasteiger partial charge in [-0.05, 0) is 46.8 Å². The van der Waals surface area contributed by atoms with Crippen LogP contribution in [0.4, 0.5) is 0 Å². The number of nitrogens with zero attached hydrogens (tertiary/aromatic N) is 2. The lowest BCUT2D eigenvalue weighted by Gasteiger charge is -2.30. The topological polar surface area (TPSA) is 60.9 Å². The van der Waals surface area contributed by atoms with E-state index in [0.29, 0.717) is 25.9 Å². The Balaban J connectivity index is 4.63. The predicted octanol–water partition coefficient (Wildman–Crippen LogP) is 2.07. The molecule has 0 aliphatic heterocycles. The SMILES string of the molecule is CCN(CCCN(C)C)C(=O)CC(CC)(CC)C(=O)O. The number of hydrogen-bond donors (Lipinski definition) is 1. The summed E-state index contributed by atoms with van der Waals surface area (Å²) in [7, 11) is 4.00. The molecule has 0 aromatic heterocycles. The van der Waals surface area contributed by atoms with Crippen molar-refractivity contribution in [1.29, 1.82) is 0 Å². The summed E-state index contributed by atoms with van der Waals surface area (Å²) >= 11 is 0. The van der Waals surface area contributed by atoms with Crippen molar-refractivity contribution in [2.75, 3.05) is 33.7 Å². The van der Waals surface area contributed by atoms with E-state index in [2.05, 4.69) is 4.90 Å². The number of carbonyl (C=O) groups excluding carboxylic acids is 1. The van der Waals surface area contributed by atoms with Gasteiger partial charge in [-0.15, -0.1) is 0 Å². The Labute approximate surface area is 122 Å². The molecule has 1 N–H and O–H groups in total. The molecule has 0 bridgehead atoms. The minimum Gasteiger partial charge on any atom is -0.481 e. The minimum absolute atomic E-state index is 0.0441. The van der Waals surface area contributed by atoms with E-state index in [1.54, 1.807) is 4.90 Å². The lowest BCUT2D eigenvalue weighted by molar-refractivity contribution is -0.154. The van der Waals surface area contributed by atoms with Crippen LogP contribution in [0.1, 0.15) is 46.5 Å². The number of carbonyl (C=O) groups is 2. The van der Waals surface area contributed by atoms with Crippen LogP contribution >= 0.6 is 0 Å². The number of hydrogen-bond acceptors (Lipinski definition) is 3. The van der Waals surface area contributed by atoms with Crippen molar-refractivity contribution in [3.8, 4) is 0 Å². The number of aliphatic carboxylic acids is 1. The van der Waals surface area contributed by atoms with Crippen molar-refractivity contribution in [2.24, 2.45) is 5.41 Å². The summed E-state index contributed by atoms with van der Waals surface area (Å²) in [6, 6.07) is 0. The summed E-state index contributed by atoms with van der Waals surface area (Å²) < 4.78 is 0. The van der Waals surface area contributed by atoms with Crippen LogP contribution in [-0.2, 0) is 9.59 Å². The van der Waals surface area contributed by atoms with Gasteiger partial charge in [0.05, 0.1) is 5.41 Å². The molecule has 0 aromatic rings. The molecule has 118 valence electrons. The highest BCUT2D eigenvalue weighted by molar-refractivity contribution is 5.85. The lowest BCUT2D eigenvalue weighted by atomic mass is 9.79. The molecule has 5 heteroatoms. The van der Waals surface area contributed by atoms with Gasteiger partial charge in [-0.25, -0.2) is 0 Å². The summed E-state index contributed by atoms with van der Waals surface area (Å²) in [5.41, 5.74) is -0.911. The minimum atomic E-state index is -0.911.